The second-order valence-electron chi connectivity index (χ2n) is 8.11. The number of carbonyl (C=O) groups excluding carboxylic acids is 1. The summed E-state index contributed by atoms with van der Waals surface area (Å²) in [5.74, 6) is 0.815. The number of thiocarbonyl (C=S) groups is 1. The van der Waals surface area contributed by atoms with Crippen LogP contribution in [0.15, 0.2) is 27.7 Å². The van der Waals surface area contributed by atoms with Crippen molar-refractivity contribution in [3.8, 4) is 0 Å². The third-order valence-corrected chi connectivity index (χ3v) is 5.24. The Hall–Kier alpha value is -2.67. The summed E-state index contributed by atoms with van der Waals surface area (Å²) in [5.41, 5.74) is 13.5. The summed E-state index contributed by atoms with van der Waals surface area (Å²) in [6.45, 7) is 10.2. The molecule has 1 amide bonds. The van der Waals surface area contributed by atoms with Crippen molar-refractivity contribution in [2.75, 3.05) is 5.32 Å². The molecule has 0 saturated carbocycles. The number of hydrazone groups is 1. The van der Waals surface area contributed by atoms with Crippen LogP contribution in [0.5, 0.6) is 0 Å². The minimum absolute atomic E-state index is 0.0467. The summed E-state index contributed by atoms with van der Waals surface area (Å²) >= 11 is 4.87. The first-order valence-electron chi connectivity index (χ1n) is 9.21. The van der Waals surface area contributed by atoms with Crippen LogP contribution in [-0.4, -0.2) is 16.7 Å². The van der Waals surface area contributed by atoms with Crippen LogP contribution in [0.3, 0.4) is 0 Å². The Morgan fingerprint density at radius 3 is 2.61 bits per heavy atom. The average molecular weight is 399 g/mol. The number of nitrogens with two attached hydrogens (primary N) is 1. The molecule has 0 atom stereocenters. The summed E-state index contributed by atoms with van der Waals surface area (Å²) in [6, 6.07) is 5.83. The average Bonchev–Trinajstić information content (AvgIpc) is 2.92. The highest BCUT2D eigenvalue weighted by molar-refractivity contribution is 7.80. The van der Waals surface area contributed by atoms with E-state index >= 15 is 0 Å². The molecule has 1 aliphatic rings. The molecule has 0 radical (unpaired) electrons. The second kappa shape index (κ2) is 7.39. The Kier molecular flexibility index (Phi) is 5.30. The summed E-state index contributed by atoms with van der Waals surface area (Å²) < 4.78 is 6.03. The highest BCUT2D eigenvalue weighted by atomic mass is 32.1. The first kappa shape index (κ1) is 20.1. The molecule has 0 fully saturated rings. The van der Waals surface area contributed by atoms with Crippen LogP contribution in [-0.2, 0) is 6.42 Å². The van der Waals surface area contributed by atoms with E-state index < -0.39 is 0 Å². The molecule has 1 aromatic carbocycles. The number of benzene rings is 1. The van der Waals surface area contributed by atoms with E-state index in [0.717, 1.165) is 52.3 Å². The minimum Gasteiger partial charge on any atom is -0.455 e. The van der Waals surface area contributed by atoms with E-state index in [-0.39, 0.29) is 16.4 Å². The number of rotatable bonds is 3. The Balaban J connectivity index is 1.99. The molecule has 0 unspecified atom stereocenters. The number of nitrogens with zero attached hydrogens (tertiary/aromatic N) is 1. The van der Waals surface area contributed by atoms with Crippen molar-refractivity contribution >= 4 is 34.6 Å². The zero-order chi connectivity index (χ0) is 20.6. The fourth-order valence-electron chi connectivity index (χ4n) is 3.61. The number of hydrogen-bond donors (Lipinski definition) is 3. The van der Waals surface area contributed by atoms with Gasteiger partial charge in [0.25, 0.3) is 5.91 Å². The number of carbonyl (C=O) groups is 1. The fraction of sp³-hybridized carbons (Fsp3) is 0.381. The van der Waals surface area contributed by atoms with Gasteiger partial charge in [-0.05, 0) is 62.0 Å². The standard InChI is InChI=1S/C21H26N4O2S/c1-11-7-6-8-14(12(11)2)23-19(26)18-13(3)17-15(24-25-20(22)28)9-21(4,5)10-16(17)27-18/h6-8H,9-10H2,1-5H3,(H,23,26)(H3,22,25,28)/b24-15-. The number of aryl methyl sites for hydroxylation is 1. The second-order valence-corrected chi connectivity index (χ2v) is 8.55. The summed E-state index contributed by atoms with van der Waals surface area (Å²) in [5, 5.41) is 7.45. The topological polar surface area (TPSA) is 92.6 Å². The molecule has 2 aromatic rings. The highest BCUT2D eigenvalue weighted by Gasteiger charge is 2.36. The number of anilines is 1. The minimum atomic E-state index is -0.264. The third kappa shape index (κ3) is 3.94. The molecular formula is C21H26N4O2S. The Labute approximate surface area is 170 Å². The van der Waals surface area contributed by atoms with Crippen molar-refractivity contribution in [3.63, 3.8) is 0 Å². The Bertz CT molecular complexity index is 989. The lowest BCUT2D eigenvalue weighted by Gasteiger charge is -2.29. The van der Waals surface area contributed by atoms with Gasteiger partial charge in [0.05, 0.1) is 5.71 Å². The van der Waals surface area contributed by atoms with Crippen molar-refractivity contribution in [1.29, 1.82) is 0 Å². The molecule has 6 nitrogen and oxygen atoms in total. The van der Waals surface area contributed by atoms with E-state index in [2.05, 4.69) is 29.7 Å². The molecule has 7 heteroatoms. The van der Waals surface area contributed by atoms with Crippen molar-refractivity contribution in [2.24, 2.45) is 16.3 Å². The largest absolute Gasteiger partial charge is 0.455 e. The van der Waals surface area contributed by atoms with Crippen molar-refractivity contribution in [2.45, 2.75) is 47.5 Å². The van der Waals surface area contributed by atoms with Crippen LogP contribution in [0.4, 0.5) is 5.69 Å². The van der Waals surface area contributed by atoms with Gasteiger partial charge in [0.15, 0.2) is 10.9 Å². The lowest BCUT2D eigenvalue weighted by Crippen LogP contribution is -2.31. The lowest BCUT2D eigenvalue weighted by molar-refractivity contribution is 0.0992. The Morgan fingerprint density at radius 2 is 1.93 bits per heavy atom. The molecule has 4 N–H and O–H groups in total. The van der Waals surface area contributed by atoms with Gasteiger partial charge in [-0.2, -0.15) is 5.10 Å². The van der Waals surface area contributed by atoms with Gasteiger partial charge < -0.3 is 15.5 Å². The van der Waals surface area contributed by atoms with Crippen LogP contribution in [0.25, 0.3) is 0 Å². The first-order valence-corrected chi connectivity index (χ1v) is 9.62. The maximum Gasteiger partial charge on any atom is 0.291 e. The quantitative estimate of drug-likeness (QED) is 0.537. The van der Waals surface area contributed by atoms with Crippen LogP contribution in [0, 0.1) is 26.2 Å². The maximum atomic E-state index is 12.9. The normalized spacial score (nSPS) is 16.5. The molecule has 0 aliphatic heterocycles. The highest BCUT2D eigenvalue weighted by Crippen LogP contribution is 2.39. The lowest BCUT2D eigenvalue weighted by atomic mass is 9.75. The van der Waals surface area contributed by atoms with Crippen LogP contribution >= 0.6 is 12.2 Å². The number of nitrogens with one attached hydrogen (secondary N) is 2. The van der Waals surface area contributed by atoms with E-state index in [1.165, 1.54) is 0 Å². The van der Waals surface area contributed by atoms with Gasteiger partial charge in [0, 0.05) is 23.2 Å². The van der Waals surface area contributed by atoms with Gasteiger partial charge in [0.1, 0.15) is 5.76 Å². The predicted octanol–water partition coefficient (Wildman–Crippen LogP) is 3.97. The molecule has 0 spiro atoms. The van der Waals surface area contributed by atoms with E-state index in [4.69, 9.17) is 22.4 Å². The van der Waals surface area contributed by atoms with Crippen molar-refractivity contribution < 1.29 is 9.21 Å². The molecule has 1 aromatic heterocycles. The van der Waals surface area contributed by atoms with Gasteiger partial charge >= 0.3 is 0 Å². The Morgan fingerprint density at radius 1 is 1.21 bits per heavy atom. The molecule has 0 saturated heterocycles. The summed E-state index contributed by atoms with van der Waals surface area (Å²) in [6.07, 6.45) is 1.46. The van der Waals surface area contributed by atoms with Crippen LogP contribution in [0.1, 0.15) is 58.8 Å². The SMILES string of the molecule is Cc1cccc(NC(=O)c2oc3c(c2C)/C(=N\NC(N)=S)CC(C)(C)C3)c1C. The summed E-state index contributed by atoms with van der Waals surface area (Å²) in [4.78, 5) is 12.9. The smallest absolute Gasteiger partial charge is 0.291 e. The van der Waals surface area contributed by atoms with Gasteiger partial charge in [-0.3, -0.25) is 10.2 Å². The molecule has 1 heterocycles. The predicted molar refractivity (Wildman–Crippen MR) is 116 cm³/mol. The molecule has 148 valence electrons. The van der Waals surface area contributed by atoms with Crippen LogP contribution in [0.2, 0.25) is 0 Å². The van der Waals surface area contributed by atoms with E-state index in [0.29, 0.717) is 5.76 Å². The number of fused-ring (bicyclic) bond motifs is 1. The molecule has 0 bridgehead atoms. The van der Waals surface area contributed by atoms with Gasteiger partial charge in [-0.25, -0.2) is 0 Å². The van der Waals surface area contributed by atoms with E-state index in [1.807, 2.05) is 39.0 Å². The first-order chi connectivity index (χ1) is 13.1. The number of hydrogen-bond acceptors (Lipinski definition) is 4. The van der Waals surface area contributed by atoms with Crippen molar-refractivity contribution in [3.05, 3.63) is 52.0 Å². The zero-order valence-electron chi connectivity index (χ0n) is 16.9. The monoisotopic (exact) mass is 398 g/mol. The maximum absolute atomic E-state index is 12.9. The zero-order valence-corrected chi connectivity index (χ0v) is 17.7. The van der Waals surface area contributed by atoms with Gasteiger partial charge in [-0.15, -0.1) is 0 Å². The third-order valence-electron chi connectivity index (χ3n) is 5.15. The van der Waals surface area contributed by atoms with Gasteiger partial charge in [0.2, 0.25) is 0 Å². The number of furan rings is 1. The van der Waals surface area contributed by atoms with Crippen LogP contribution < -0.4 is 16.5 Å². The summed E-state index contributed by atoms with van der Waals surface area (Å²) in [7, 11) is 0. The fourth-order valence-corrected chi connectivity index (χ4v) is 3.66. The van der Waals surface area contributed by atoms with E-state index in [9.17, 15) is 4.79 Å². The molecular weight excluding hydrogens is 372 g/mol. The molecule has 28 heavy (non-hydrogen) atoms. The van der Waals surface area contributed by atoms with E-state index in [1.54, 1.807) is 0 Å². The van der Waals surface area contributed by atoms with Crippen molar-refractivity contribution in [1.82, 2.24) is 5.43 Å². The number of amides is 1. The molecule has 1 aliphatic carbocycles. The molecule has 3 rings (SSSR count). The van der Waals surface area contributed by atoms with Gasteiger partial charge in [-0.1, -0.05) is 26.0 Å².